The van der Waals surface area contributed by atoms with Gasteiger partial charge in [0.1, 0.15) is 16.8 Å². The van der Waals surface area contributed by atoms with Gasteiger partial charge in [0.05, 0.1) is 19.5 Å². The summed E-state index contributed by atoms with van der Waals surface area (Å²) in [6.07, 6.45) is 3.08. The van der Waals surface area contributed by atoms with E-state index >= 15 is 0 Å². The van der Waals surface area contributed by atoms with Gasteiger partial charge in [0, 0.05) is 4.90 Å². The predicted molar refractivity (Wildman–Crippen MR) is 63.9 cm³/mol. The molecule has 0 radical (unpaired) electrons. The Morgan fingerprint density at radius 2 is 2.00 bits per heavy atom. The van der Waals surface area contributed by atoms with Gasteiger partial charge in [0.15, 0.2) is 5.69 Å². The first kappa shape index (κ1) is 11.4. The predicted octanol–water partition coefficient (Wildman–Crippen LogP) is 2.51. The first-order valence-electron chi connectivity index (χ1n) is 4.86. The van der Waals surface area contributed by atoms with Crippen molar-refractivity contribution in [3.05, 3.63) is 42.4 Å². The van der Waals surface area contributed by atoms with Crippen LogP contribution >= 0.6 is 11.8 Å². The molecule has 0 aliphatic heterocycles. The molecule has 2 aromatic rings. The van der Waals surface area contributed by atoms with Crippen LogP contribution in [0.4, 0.5) is 0 Å². The molecule has 0 fully saturated rings. The van der Waals surface area contributed by atoms with Crippen molar-refractivity contribution in [1.29, 1.82) is 5.26 Å². The lowest BCUT2D eigenvalue weighted by molar-refractivity contribution is 0.414. The van der Waals surface area contributed by atoms with Crippen LogP contribution in [0.25, 0.3) is 0 Å². The lowest BCUT2D eigenvalue weighted by atomic mass is 10.3. The molecule has 0 unspecified atom stereocenters. The van der Waals surface area contributed by atoms with Crippen LogP contribution < -0.4 is 4.74 Å². The van der Waals surface area contributed by atoms with Crippen LogP contribution in [0.15, 0.2) is 46.6 Å². The van der Waals surface area contributed by atoms with E-state index < -0.39 is 0 Å². The largest absolute Gasteiger partial charge is 0.497 e. The Morgan fingerprint density at radius 1 is 1.24 bits per heavy atom. The molecule has 0 spiro atoms. The molecule has 2 rings (SSSR count). The van der Waals surface area contributed by atoms with E-state index in [0.717, 1.165) is 10.6 Å². The highest BCUT2D eigenvalue weighted by molar-refractivity contribution is 7.99. The topological polar surface area (TPSA) is 58.8 Å². The van der Waals surface area contributed by atoms with Crippen LogP contribution in [-0.4, -0.2) is 17.1 Å². The number of ether oxygens (including phenoxy) is 1. The summed E-state index contributed by atoms with van der Waals surface area (Å²) < 4.78 is 5.08. The molecule has 0 aliphatic carbocycles. The van der Waals surface area contributed by atoms with Gasteiger partial charge in [-0.15, -0.1) is 0 Å². The lowest BCUT2D eigenvalue weighted by Gasteiger charge is -2.02. The van der Waals surface area contributed by atoms with Crippen molar-refractivity contribution in [2.45, 2.75) is 9.92 Å². The summed E-state index contributed by atoms with van der Waals surface area (Å²) in [7, 11) is 1.63. The summed E-state index contributed by atoms with van der Waals surface area (Å²) >= 11 is 1.46. The molecule has 0 amide bonds. The molecule has 0 bridgehead atoms. The van der Waals surface area contributed by atoms with Gasteiger partial charge in [-0.3, -0.25) is 4.98 Å². The minimum atomic E-state index is 0.323. The molecule has 1 aromatic carbocycles. The molecule has 0 aliphatic rings. The zero-order valence-electron chi connectivity index (χ0n) is 9.12. The number of benzene rings is 1. The smallest absolute Gasteiger partial charge is 0.160 e. The number of nitrogens with zero attached hydrogens (tertiary/aromatic N) is 3. The van der Waals surface area contributed by atoms with Gasteiger partial charge in [-0.05, 0) is 24.3 Å². The third kappa shape index (κ3) is 2.95. The second-order valence-electron chi connectivity index (χ2n) is 3.13. The quantitative estimate of drug-likeness (QED) is 0.829. The average molecular weight is 243 g/mol. The molecule has 0 saturated carbocycles. The summed E-state index contributed by atoms with van der Waals surface area (Å²) in [5.41, 5.74) is 0.323. The Bertz CT molecular complexity index is 548. The molecule has 1 aromatic heterocycles. The number of hydrogen-bond donors (Lipinski definition) is 0. The highest BCUT2D eigenvalue weighted by atomic mass is 32.2. The van der Waals surface area contributed by atoms with E-state index in [9.17, 15) is 0 Å². The first-order chi connectivity index (χ1) is 8.31. The molecule has 0 N–H and O–H groups in total. The van der Waals surface area contributed by atoms with Gasteiger partial charge >= 0.3 is 0 Å². The Balaban J connectivity index is 2.16. The summed E-state index contributed by atoms with van der Waals surface area (Å²) in [6.45, 7) is 0. The Morgan fingerprint density at radius 3 is 2.65 bits per heavy atom. The van der Waals surface area contributed by atoms with Crippen LogP contribution in [0, 0.1) is 11.3 Å². The van der Waals surface area contributed by atoms with Crippen molar-refractivity contribution in [2.24, 2.45) is 0 Å². The second kappa shape index (κ2) is 5.32. The number of rotatable bonds is 3. The van der Waals surface area contributed by atoms with Crippen LogP contribution in [0.3, 0.4) is 0 Å². The molecule has 5 heteroatoms. The van der Waals surface area contributed by atoms with Crippen molar-refractivity contribution in [1.82, 2.24) is 9.97 Å². The van der Waals surface area contributed by atoms with E-state index in [2.05, 4.69) is 9.97 Å². The molecule has 84 valence electrons. The fraction of sp³-hybridized carbons (Fsp3) is 0.0833. The maximum atomic E-state index is 8.72. The van der Waals surface area contributed by atoms with Crippen LogP contribution in [0.5, 0.6) is 5.75 Å². The van der Waals surface area contributed by atoms with Gasteiger partial charge < -0.3 is 4.74 Å². The van der Waals surface area contributed by atoms with E-state index in [1.165, 1.54) is 18.0 Å². The maximum Gasteiger partial charge on any atom is 0.160 e. The van der Waals surface area contributed by atoms with Crippen molar-refractivity contribution < 1.29 is 4.74 Å². The fourth-order valence-electron chi connectivity index (χ4n) is 1.22. The van der Waals surface area contributed by atoms with Crippen molar-refractivity contribution >= 4 is 11.8 Å². The molecule has 0 saturated heterocycles. The van der Waals surface area contributed by atoms with Gasteiger partial charge in [-0.2, -0.15) is 5.26 Å². The van der Waals surface area contributed by atoms with Crippen molar-refractivity contribution in [3.63, 3.8) is 0 Å². The Labute approximate surface area is 103 Å². The van der Waals surface area contributed by atoms with Gasteiger partial charge in [0.25, 0.3) is 0 Å². The monoisotopic (exact) mass is 243 g/mol. The average Bonchev–Trinajstić information content (AvgIpc) is 2.40. The first-order valence-corrected chi connectivity index (χ1v) is 5.67. The highest BCUT2D eigenvalue weighted by Crippen LogP contribution is 2.26. The number of aromatic nitrogens is 2. The minimum absolute atomic E-state index is 0.323. The summed E-state index contributed by atoms with van der Waals surface area (Å²) in [4.78, 5) is 9.12. The van der Waals surface area contributed by atoms with E-state index in [1.807, 2.05) is 30.3 Å². The molecule has 1 heterocycles. The summed E-state index contributed by atoms with van der Waals surface area (Å²) in [6, 6.07) is 9.59. The minimum Gasteiger partial charge on any atom is -0.497 e. The normalized spacial score (nSPS) is 9.65. The van der Waals surface area contributed by atoms with Crippen LogP contribution in [-0.2, 0) is 0 Å². The third-order valence-electron chi connectivity index (χ3n) is 2.01. The van der Waals surface area contributed by atoms with Gasteiger partial charge in [-0.1, -0.05) is 11.8 Å². The van der Waals surface area contributed by atoms with Gasteiger partial charge in [0.2, 0.25) is 0 Å². The van der Waals surface area contributed by atoms with Crippen LogP contribution in [0.2, 0.25) is 0 Å². The number of nitriles is 1. The van der Waals surface area contributed by atoms with Crippen molar-refractivity contribution in [3.8, 4) is 11.8 Å². The van der Waals surface area contributed by atoms with E-state index in [0.29, 0.717) is 10.7 Å². The maximum absolute atomic E-state index is 8.72. The standard InChI is InChI=1S/C12H9N3OS/c1-16-10-2-4-11(5-3-10)17-12-8-14-7-9(6-13)15-12/h2-5,7-8H,1H3. The third-order valence-corrected chi connectivity index (χ3v) is 2.92. The lowest BCUT2D eigenvalue weighted by Crippen LogP contribution is -1.87. The number of methoxy groups -OCH3 is 1. The van der Waals surface area contributed by atoms with Crippen molar-refractivity contribution in [2.75, 3.05) is 7.11 Å². The Kier molecular flexibility index (Phi) is 3.58. The molecular weight excluding hydrogens is 234 g/mol. The summed E-state index contributed by atoms with van der Waals surface area (Å²) in [5, 5.41) is 9.42. The van der Waals surface area contributed by atoms with Gasteiger partial charge in [-0.25, -0.2) is 4.98 Å². The van der Waals surface area contributed by atoms with E-state index in [-0.39, 0.29) is 0 Å². The molecular formula is C12H9N3OS. The van der Waals surface area contributed by atoms with E-state index in [1.54, 1.807) is 13.3 Å². The highest BCUT2D eigenvalue weighted by Gasteiger charge is 2.01. The zero-order valence-corrected chi connectivity index (χ0v) is 9.94. The fourth-order valence-corrected chi connectivity index (χ4v) is 1.99. The SMILES string of the molecule is COc1ccc(Sc2cncc(C#N)n2)cc1. The van der Waals surface area contributed by atoms with Crippen LogP contribution in [0.1, 0.15) is 5.69 Å². The Hall–Kier alpha value is -2.06. The van der Waals surface area contributed by atoms with E-state index in [4.69, 9.17) is 10.00 Å². The number of hydrogen-bond acceptors (Lipinski definition) is 5. The molecule has 17 heavy (non-hydrogen) atoms. The second-order valence-corrected chi connectivity index (χ2v) is 4.23. The zero-order chi connectivity index (χ0) is 12.1. The molecule has 0 atom stereocenters. The molecule has 4 nitrogen and oxygen atoms in total. The summed E-state index contributed by atoms with van der Waals surface area (Å²) in [5.74, 6) is 0.811.